The van der Waals surface area contributed by atoms with Crippen molar-refractivity contribution in [2.75, 3.05) is 0 Å². The maximum absolute atomic E-state index is 9.68. The Balaban J connectivity index is 1.68. The van der Waals surface area contributed by atoms with Crippen molar-refractivity contribution in [3.05, 3.63) is 103 Å². The summed E-state index contributed by atoms with van der Waals surface area (Å²) < 4.78 is 2.08. The van der Waals surface area contributed by atoms with Gasteiger partial charge in [0.05, 0.1) is 11.0 Å². The maximum atomic E-state index is 9.68. The largest absolute Gasteiger partial charge is 0.449 e. The first-order chi connectivity index (χ1) is 16.3. The molecule has 1 N–H and O–H groups in total. The highest BCUT2D eigenvalue weighted by Gasteiger charge is 2.17. The number of hydrogen-bond acceptors (Lipinski definition) is 4. The van der Waals surface area contributed by atoms with Gasteiger partial charge in [0.2, 0.25) is 5.95 Å². The molecule has 2 aromatic heterocycles. The molecule has 6 rings (SSSR count). The van der Waals surface area contributed by atoms with E-state index in [1.807, 2.05) is 91.0 Å². The number of benzene rings is 4. The van der Waals surface area contributed by atoms with Crippen molar-refractivity contribution in [2.24, 2.45) is 0 Å². The molecule has 5 nitrogen and oxygen atoms in total. The van der Waals surface area contributed by atoms with Gasteiger partial charge in [-0.3, -0.25) is 4.57 Å². The summed E-state index contributed by atoms with van der Waals surface area (Å²) in [6, 6.07) is 34.1. The Labute approximate surface area is 191 Å². The smallest absolute Gasteiger partial charge is 0.304 e. The average Bonchev–Trinajstić information content (AvgIpc) is 3.23. The summed E-state index contributed by atoms with van der Waals surface area (Å²) in [5.41, 5.74) is 4.73. The maximum Gasteiger partial charge on any atom is 0.304 e. The van der Waals surface area contributed by atoms with Crippen molar-refractivity contribution in [3.63, 3.8) is 0 Å². The molecule has 0 bridgehead atoms. The minimum atomic E-state index is -0.00247. The first kappa shape index (κ1) is 19.4. The van der Waals surface area contributed by atoms with E-state index >= 15 is 0 Å². The molecular formula is C27H19BN4O. The molecule has 2 heterocycles. The van der Waals surface area contributed by atoms with E-state index < -0.39 is 0 Å². The molecule has 0 saturated carbocycles. The molecule has 0 unspecified atom stereocenters. The number of nitrogens with zero attached hydrogens (tertiary/aromatic N) is 4. The topological polar surface area (TPSA) is 63.8 Å². The predicted molar refractivity (Wildman–Crippen MR) is 134 cm³/mol. The highest BCUT2D eigenvalue weighted by molar-refractivity contribution is 6.46. The lowest BCUT2D eigenvalue weighted by Gasteiger charge is -2.10. The van der Waals surface area contributed by atoms with Gasteiger partial charge in [0.1, 0.15) is 0 Å². The number of hydrogen-bond donors (Lipinski definition) is 1. The van der Waals surface area contributed by atoms with Crippen molar-refractivity contribution < 1.29 is 5.02 Å². The van der Waals surface area contributed by atoms with Gasteiger partial charge >= 0.3 is 7.48 Å². The lowest BCUT2D eigenvalue weighted by molar-refractivity contribution is 0.615. The predicted octanol–water partition coefficient (Wildman–Crippen LogP) is 4.27. The minimum absolute atomic E-state index is 0.00247. The van der Waals surface area contributed by atoms with E-state index in [0.29, 0.717) is 17.6 Å². The van der Waals surface area contributed by atoms with E-state index in [1.165, 1.54) is 0 Å². The number of para-hydroxylation sites is 1. The van der Waals surface area contributed by atoms with Gasteiger partial charge in [0.15, 0.2) is 11.6 Å². The van der Waals surface area contributed by atoms with Crippen LogP contribution in [0.5, 0.6) is 0 Å². The lowest BCUT2D eigenvalue weighted by Crippen LogP contribution is -2.12. The van der Waals surface area contributed by atoms with Gasteiger partial charge in [0, 0.05) is 21.9 Å². The molecule has 0 aliphatic rings. The van der Waals surface area contributed by atoms with Crippen LogP contribution in [0.4, 0.5) is 0 Å². The van der Waals surface area contributed by atoms with Gasteiger partial charge in [-0.15, -0.1) is 0 Å². The van der Waals surface area contributed by atoms with Crippen molar-refractivity contribution in [1.29, 1.82) is 0 Å². The molecule has 4 aromatic carbocycles. The zero-order valence-electron chi connectivity index (χ0n) is 17.8. The third-order valence-corrected chi connectivity index (χ3v) is 5.81. The van der Waals surface area contributed by atoms with Crippen molar-refractivity contribution in [1.82, 2.24) is 19.5 Å². The van der Waals surface area contributed by atoms with Crippen LogP contribution in [0.1, 0.15) is 0 Å². The summed E-state index contributed by atoms with van der Waals surface area (Å²) in [5.74, 6) is 1.81. The van der Waals surface area contributed by atoms with Crippen LogP contribution in [0.2, 0.25) is 0 Å². The number of aromatic nitrogens is 4. The summed E-state index contributed by atoms with van der Waals surface area (Å²) in [5, 5.41) is 11.8. The standard InChI is InChI=1S/C27H19BN4O/c33-28-20-15-16-24-22(17-20)21-13-7-8-14-23(21)32(24)27-30-25(18-9-3-1-4-10-18)29-26(31-27)19-11-5-2-6-12-19/h1-17,28,33H. The Bertz CT molecular complexity index is 1540. The quantitative estimate of drug-likeness (QED) is 0.428. The average molecular weight is 426 g/mol. The normalized spacial score (nSPS) is 11.2. The van der Waals surface area contributed by atoms with Gasteiger partial charge in [-0.1, -0.05) is 96.5 Å². The van der Waals surface area contributed by atoms with E-state index in [9.17, 15) is 5.02 Å². The van der Waals surface area contributed by atoms with Crippen molar-refractivity contribution in [2.45, 2.75) is 0 Å². The Kier molecular flexibility index (Phi) is 4.71. The SMILES string of the molecule is OBc1ccc2c(c1)c1ccccc1n2-c1nc(-c2ccccc2)nc(-c2ccccc2)n1. The minimum Gasteiger partial charge on any atom is -0.449 e. The van der Waals surface area contributed by atoms with Gasteiger partial charge in [-0.2, -0.15) is 9.97 Å². The van der Waals surface area contributed by atoms with E-state index in [4.69, 9.17) is 15.0 Å². The zero-order valence-corrected chi connectivity index (χ0v) is 17.8. The molecule has 6 heteroatoms. The Morgan fingerprint density at radius 2 is 1.15 bits per heavy atom. The summed E-state index contributed by atoms with van der Waals surface area (Å²) in [6.07, 6.45) is 0. The van der Waals surface area contributed by atoms with E-state index in [0.717, 1.165) is 38.4 Å². The van der Waals surface area contributed by atoms with Crippen LogP contribution in [0.3, 0.4) is 0 Å². The molecule has 0 spiro atoms. The van der Waals surface area contributed by atoms with Gasteiger partial charge in [-0.25, -0.2) is 4.98 Å². The van der Waals surface area contributed by atoms with E-state index in [1.54, 1.807) is 0 Å². The third kappa shape index (κ3) is 3.37. The lowest BCUT2D eigenvalue weighted by atomic mass is 9.88. The molecule has 0 amide bonds. The molecule has 33 heavy (non-hydrogen) atoms. The fourth-order valence-electron chi connectivity index (χ4n) is 4.23. The Morgan fingerprint density at radius 1 is 0.576 bits per heavy atom. The molecule has 0 atom stereocenters. The molecule has 0 aliphatic carbocycles. The first-order valence-corrected chi connectivity index (χ1v) is 10.8. The van der Waals surface area contributed by atoms with Crippen LogP contribution >= 0.6 is 0 Å². The molecule has 0 radical (unpaired) electrons. The molecule has 6 aromatic rings. The molecular weight excluding hydrogens is 407 g/mol. The zero-order chi connectivity index (χ0) is 22.2. The number of rotatable bonds is 4. The Hall–Kier alpha value is -4.29. The fourth-order valence-corrected chi connectivity index (χ4v) is 4.23. The second kappa shape index (κ2) is 8.00. The van der Waals surface area contributed by atoms with Gasteiger partial charge < -0.3 is 5.02 Å². The summed E-state index contributed by atoms with van der Waals surface area (Å²) in [6.45, 7) is 0. The van der Waals surface area contributed by atoms with Crippen LogP contribution in [0.25, 0.3) is 50.5 Å². The van der Waals surface area contributed by atoms with Crippen molar-refractivity contribution in [3.8, 4) is 28.7 Å². The highest BCUT2D eigenvalue weighted by atomic mass is 16.2. The highest BCUT2D eigenvalue weighted by Crippen LogP contribution is 2.31. The second-order valence-electron chi connectivity index (χ2n) is 7.88. The first-order valence-electron chi connectivity index (χ1n) is 10.8. The van der Waals surface area contributed by atoms with Crippen molar-refractivity contribution >= 4 is 34.8 Å². The van der Waals surface area contributed by atoms with Crippen LogP contribution in [0.15, 0.2) is 103 Å². The van der Waals surface area contributed by atoms with E-state index in [-0.39, 0.29) is 7.48 Å². The second-order valence-corrected chi connectivity index (χ2v) is 7.88. The molecule has 156 valence electrons. The Morgan fingerprint density at radius 3 is 1.79 bits per heavy atom. The fraction of sp³-hybridized carbons (Fsp3) is 0. The monoisotopic (exact) mass is 426 g/mol. The molecule has 0 aliphatic heterocycles. The summed E-state index contributed by atoms with van der Waals surface area (Å²) in [7, 11) is -0.00247. The molecule has 0 saturated heterocycles. The van der Waals surface area contributed by atoms with Crippen LogP contribution in [0, 0.1) is 0 Å². The molecule has 0 fully saturated rings. The third-order valence-electron chi connectivity index (χ3n) is 5.81. The summed E-state index contributed by atoms with van der Waals surface area (Å²) >= 11 is 0. The van der Waals surface area contributed by atoms with Crippen LogP contribution < -0.4 is 5.46 Å². The van der Waals surface area contributed by atoms with Crippen LogP contribution in [-0.4, -0.2) is 32.0 Å². The number of fused-ring (bicyclic) bond motifs is 3. The van der Waals surface area contributed by atoms with Gasteiger partial charge in [-0.05, 0) is 12.1 Å². The van der Waals surface area contributed by atoms with E-state index in [2.05, 4.69) is 16.7 Å². The summed E-state index contributed by atoms with van der Waals surface area (Å²) in [4.78, 5) is 14.6. The van der Waals surface area contributed by atoms with Gasteiger partial charge in [0.25, 0.3) is 0 Å². The van der Waals surface area contributed by atoms with Crippen LogP contribution in [-0.2, 0) is 0 Å².